The Balaban J connectivity index is 1.69. The van der Waals surface area contributed by atoms with Crippen molar-refractivity contribution in [2.24, 2.45) is 0 Å². The van der Waals surface area contributed by atoms with Gasteiger partial charge in [-0.05, 0) is 30.3 Å². The number of carbonyl (C=O) groups is 1. The molecule has 0 bridgehead atoms. The number of ether oxygens (including phenoxy) is 1. The van der Waals surface area contributed by atoms with E-state index in [9.17, 15) is 28.2 Å². The minimum atomic E-state index is -4.55. The number of rotatable bonds is 2. The van der Waals surface area contributed by atoms with Gasteiger partial charge in [0.2, 0.25) is 11.5 Å². The summed E-state index contributed by atoms with van der Waals surface area (Å²) >= 11 is 0. The number of hydrogen-bond acceptors (Lipinski definition) is 5. The maximum atomic E-state index is 13.2. The van der Waals surface area contributed by atoms with Gasteiger partial charge < -0.3 is 19.4 Å². The fraction of sp³-hybridized carbons (Fsp3) is 0.0500. The Labute approximate surface area is 155 Å². The number of hydrogen-bond donors (Lipinski definition) is 2. The number of ketones is 1. The number of fused-ring (bicyclic) bond motifs is 1. The van der Waals surface area contributed by atoms with Gasteiger partial charge in [0, 0.05) is 11.6 Å². The summed E-state index contributed by atoms with van der Waals surface area (Å²) in [4.78, 5) is 12.4. The Morgan fingerprint density at radius 2 is 1.68 bits per heavy atom. The molecule has 0 atom stereocenters. The van der Waals surface area contributed by atoms with E-state index in [1.54, 1.807) is 0 Å². The zero-order valence-corrected chi connectivity index (χ0v) is 13.9. The van der Waals surface area contributed by atoms with Crippen LogP contribution >= 0.6 is 0 Å². The molecular formula is C20H11F3O5. The summed E-state index contributed by atoms with van der Waals surface area (Å²) in [5, 5.41) is 19.3. The number of alkyl halides is 3. The maximum Gasteiger partial charge on any atom is 0.417 e. The molecule has 142 valence electrons. The van der Waals surface area contributed by atoms with Crippen LogP contribution in [0.5, 0.6) is 17.2 Å². The molecule has 2 N–H and O–H groups in total. The zero-order chi connectivity index (χ0) is 20.1. The molecule has 0 fully saturated rings. The summed E-state index contributed by atoms with van der Waals surface area (Å²) in [5.74, 6) is -1.90. The Hall–Kier alpha value is -3.68. The van der Waals surface area contributed by atoms with Gasteiger partial charge >= 0.3 is 6.18 Å². The number of allylic oxidation sites excluding steroid dienone is 1. The normalized spacial score (nSPS) is 15.0. The molecule has 0 amide bonds. The molecule has 1 aliphatic rings. The lowest BCUT2D eigenvalue weighted by atomic mass is 10.1. The number of furan rings is 1. The SMILES string of the molecule is O=C1C(=Cc2ccc(-c3ccccc3C(F)(F)F)o2)Oc2c1ccc(O)c2O. The smallest absolute Gasteiger partial charge is 0.417 e. The van der Waals surface area contributed by atoms with Gasteiger partial charge in [-0.15, -0.1) is 0 Å². The average molecular weight is 388 g/mol. The van der Waals surface area contributed by atoms with Crippen LogP contribution in [0.2, 0.25) is 0 Å². The number of aromatic hydroxyl groups is 2. The van der Waals surface area contributed by atoms with Crippen LogP contribution in [0.4, 0.5) is 13.2 Å². The van der Waals surface area contributed by atoms with Crippen molar-refractivity contribution in [3.8, 4) is 28.6 Å². The van der Waals surface area contributed by atoms with Gasteiger partial charge in [0.25, 0.3) is 0 Å². The van der Waals surface area contributed by atoms with Gasteiger partial charge in [0.1, 0.15) is 11.5 Å². The zero-order valence-electron chi connectivity index (χ0n) is 13.9. The van der Waals surface area contributed by atoms with E-state index in [1.165, 1.54) is 42.5 Å². The fourth-order valence-corrected chi connectivity index (χ4v) is 2.88. The van der Waals surface area contributed by atoms with Gasteiger partial charge in [-0.3, -0.25) is 4.79 Å². The van der Waals surface area contributed by atoms with Crippen LogP contribution < -0.4 is 4.74 Å². The average Bonchev–Trinajstić information content (AvgIpc) is 3.24. The van der Waals surface area contributed by atoms with Crippen molar-refractivity contribution < 1.29 is 37.3 Å². The van der Waals surface area contributed by atoms with Crippen molar-refractivity contribution in [1.82, 2.24) is 0 Å². The van der Waals surface area contributed by atoms with E-state index in [2.05, 4.69) is 0 Å². The first-order valence-corrected chi connectivity index (χ1v) is 8.01. The third-order valence-electron chi connectivity index (χ3n) is 4.19. The quantitative estimate of drug-likeness (QED) is 0.477. The summed E-state index contributed by atoms with van der Waals surface area (Å²) < 4.78 is 50.3. The number of Topliss-reactive ketones (excluding diaryl/α,β-unsaturated/α-hetero) is 1. The summed E-state index contributed by atoms with van der Waals surface area (Å²) in [7, 11) is 0. The third-order valence-corrected chi connectivity index (χ3v) is 4.19. The molecule has 0 aliphatic carbocycles. The van der Waals surface area contributed by atoms with Crippen molar-refractivity contribution in [2.45, 2.75) is 6.18 Å². The topological polar surface area (TPSA) is 79.9 Å². The minimum Gasteiger partial charge on any atom is -0.504 e. The highest BCUT2D eigenvalue weighted by Gasteiger charge is 2.34. The first-order valence-electron chi connectivity index (χ1n) is 8.01. The molecule has 0 radical (unpaired) electrons. The number of benzene rings is 2. The van der Waals surface area contributed by atoms with E-state index in [0.29, 0.717) is 0 Å². The van der Waals surface area contributed by atoms with E-state index < -0.39 is 29.0 Å². The Morgan fingerprint density at radius 3 is 2.43 bits per heavy atom. The molecule has 2 aromatic carbocycles. The van der Waals surface area contributed by atoms with Crippen molar-refractivity contribution in [3.05, 3.63) is 71.2 Å². The second-order valence-corrected chi connectivity index (χ2v) is 6.00. The summed E-state index contributed by atoms with van der Waals surface area (Å²) in [6, 6.07) is 10.2. The molecule has 5 nitrogen and oxygen atoms in total. The van der Waals surface area contributed by atoms with Crippen LogP contribution in [-0.2, 0) is 6.18 Å². The van der Waals surface area contributed by atoms with E-state index in [0.717, 1.165) is 12.1 Å². The molecule has 4 rings (SSSR count). The van der Waals surface area contributed by atoms with Crippen molar-refractivity contribution in [3.63, 3.8) is 0 Å². The lowest BCUT2D eigenvalue weighted by molar-refractivity contribution is -0.137. The van der Waals surface area contributed by atoms with Crippen molar-refractivity contribution in [2.75, 3.05) is 0 Å². The molecule has 0 unspecified atom stereocenters. The summed E-state index contributed by atoms with van der Waals surface area (Å²) in [6.45, 7) is 0. The molecule has 0 saturated carbocycles. The summed E-state index contributed by atoms with van der Waals surface area (Å²) in [6.07, 6.45) is -3.34. The fourth-order valence-electron chi connectivity index (χ4n) is 2.88. The number of carbonyl (C=O) groups excluding carboxylic acids is 1. The van der Waals surface area contributed by atoms with Crippen molar-refractivity contribution >= 4 is 11.9 Å². The third kappa shape index (κ3) is 2.88. The predicted molar refractivity (Wildman–Crippen MR) is 91.9 cm³/mol. The molecule has 28 heavy (non-hydrogen) atoms. The van der Waals surface area contributed by atoms with E-state index in [4.69, 9.17) is 9.15 Å². The van der Waals surface area contributed by atoms with Gasteiger partial charge in [-0.2, -0.15) is 13.2 Å². The molecule has 1 aliphatic heterocycles. The number of phenolic OH excluding ortho intramolecular Hbond substituents is 2. The first-order chi connectivity index (χ1) is 13.3. The molecule has 8 heteroatoms. The highest BCUT2D eigenvalue weighted by molar-refractivity contribution is 6.15. The van der Waals surface area contributed by atoms with Crippen LogP contribution in [0.15, 0.2) is 58.7 Å². The molecule has 2 heterocycles. The van der Waals surface area contributed by atoms with Crippen LogP contribution in [-0.4, -0.2) is 16.0 Å². The lowest BCUT2D eigenvalue weighted by Crippen LogP contribution is -2.06. The Morgan fingerprint density at radius 1 is 0.929 bits per heavy atom. The maximum absolute atomic E-state index is 13.2. The minimum absolute atomic E-state index is 0.0248. The second kappa shape index (κ2) is 6.19. The molecule has 1 aromatic heterocycles. The van der Waals surface area contributed by atoms with Gasteiger partial charge in [0.05, 0.1) is 11.1 Å². The van der Waals surface area contributed by atoms with Crippen LogP contribution in [0.25, 0.3) is 17.4 Å². The molecule has 0 spiro atoms. The monoisotopic (exact) mass is 388 g/mol. The predicted octanol–water partition coefficient (Wildman–Crippen LogP) is 4.99. The highest BCUT2D eigenvalue weighted by atomic mass is 19.4. The number of halogens is 3. The van der Waals surface area contributed by atoms with Gasteiger partial charge in [0.15, 0.2) is 17.3 Å². The highest BCUT2D eigenvalue weighted by Crippen LogP contribution is 2.44. The van der Waals surface area contributed by atoms with Crippen LogP contribution in [0, 0.1) is 0 Å². The lowest BCUT2D eigenvalue weighted by Gasteiger charge is -2.10. The standard InChI is InChI=1S/C20H11F3O5/c21-20(22,23)13-4-2-1-3-11(13)15-8-5-10(27-15)9-16-17(25)12-6-7-14(24)18(26)19(12)28-16/h1-9,24,26H. The van der Waals surface area contributed by atoms with Crippen molar-refractivity contribution in [1.29, 1.82) is 0 Å². The van der Waals surface area contributed by atoms with Gasteiger partial charge in [-0.25, -0.2) is 0 Å². The second-order valence-electron chi connectivity index (χ2n) is 6.00. The number of phenols is 2. The first kappa shape index (κ1) is 17.7. The molecule has 0 saturated heterocycles. The molecule has 3 aromatic rings. The largest absolute Gasteiger partial charge is 0.504 e. The van der Waals surface area contributed by atoms with Crippen LogP contribution in [0.3, 0.4) is 0 Å². The Kier molecular flexibility index (Phi) is 3.92. The van der Waals surface area contributed by atoms with E-state index in [1.807, 2.05) is 0 Å². The van der Waals surface area contributed by atoms with E-state index in [-0.39, 0.29) is 34.2 Å². The van der Waals surface area contributed by atoms with Gasteiger partial charge in [-0.1, -0.05) is 18.2 Å². The molecular weight excluding hydrogens is 377 g/mol. The Bertz CT molecular complexity index is 1130. The summed E-state index contributed by atoms with van der Waals surface area (Å²) in [5.41, 5.74) is -0.926. The van der Waals surface area contributed by atoms with Crippen LogP contribution in [0.1, 0.15) is 21.7 Å². The van der Waals surface area contributed by atoms with E-state index >= 15 is 0 Å².